The zero-order valence-electron chi connectivity index (χ0n) is 14.4. The first kappa shape index (κ1) is 17.0. The number of benzene rings is 1. The normalized spacial score (nSPS) is 26.4. The summed E-state index contributed by atoms with van der Waals surface area (Å²) in [6.07, 6.45) is 6.11. The van der Waals surface area contributed by atoms with Crippen molar-refractivity contribution in [3.05, 3.63) is 35.4 Å². The molecule has 24 heavy (non-hydrogen) atoms. The fourth-order valence-corrected chi connectivity index (χ4v) is 4.08. The zero-order chi connectivity index (χ0) is 16.9. The Morgan fingerprint density at radius 3 is 2.96 bits per heavy atom. The highest BCUT2D eigenvalue weighted by molar-refractivity contribution is 5.83. The van der Waals surface area contributed by atoms with Gasteiger partial charge in [-0.15, -0.1) is 0 Å². The minimum absolute atomic E-state index is 0.0317. The number of amides is 1. The fraction of sp³-hybridized carbons (Fsp3) is 0.600. The topological polar surface area (TPSA) is 55.4 Å². The van der Waals surface area contributed by atoms with Crippen molar-refractivity contribution >= 4 is 11.9 Å². The molecule has 4 nitrogen and oxygen atoms in total. The molecular weight excluding hydrogens is 302 g/mol. The van der Waals surface area contributed by atoms with Crippen molar-refractivity contribution in [2.75, 3.05) is 6.61 Å². The fourth-order valence-electron chi connectivity index (χ4n) is 4.08. The lowest BCUT2D eigenvalue weighted by molar-refractivity contribution is -0.149. The van der Waals surface area contributed by atoms with Gasteiger partial charge in [0.15, 0.2) is 0 Å². The summed E-state index contributed by atoms with van der Waals surface area (Å²) in [7, 11) is 0. The van der Waals surface area contributed by atoms with Crippen molar-refractivity contribution in [2.45, 2.75) is 57.9 Å². The highest BCUT2D eigenvalue weighted by Gasteiger charge is 2.31. The van der Waals surface area contributed by atoms with E-state index in [-0.39, 0.29) is 30.3 Å². The number of fused-ring (bicyclic) bond motifs is 1. The molecule has 3 atom stereocenters. The van der Waals surface area contributed by atoms with Crippen molar-refractivity contribution in [3.8, 4) is 0 Å². The molecule has 0 radical (unpaired) electrons. The molecule has 2 aliphatic rings. The zero-order valence-corrected chi connectivity index (χ0v) is 14.4. The van der Waals surface area contributed by atoms with E-state index < -0.39 is 0 Å². The summed E-state index contributed by atoms with van der Waals surface area (Å²) >= 11 is 0. The lowest BCUT2D eigenvalue weighted by Crippen LogP contribution is -2.31. The van der Waals surface area contributed by atoms with Crippen LogP contribution >= 0.6 is 0 Å². The van der Waals surface area contributed by atoms with E-state index in [9.17, 15) is 9.59 Å². The van der Waals surface area contributed by atoms with E-state index in [1.165, 1.54) is 11.1 Å². The number of nitrogens with one attached hydrogen (secondary N) is 1. The molecule has 3 rings (SSSR count). The Bertz CT molecular complexity index is 598. The highest BCUT2D eigenvalue weighted by Crippen LogP contribution is 2.32. The number of carbonyl (C=O) groups is 2. The third kappa shape index (κ3) is 3.97. The number of aryl methyl sites for hydroxylation is 1. The summed E-state index contributed by atoms with van der Waals surface area (Å²) in [5, 5.41) is 3.12. The molecule has 130 valence electrons. The molecular formula is C20H27NO3. The van der Waals surface area contributed by atoms with Gasteiger partial charge in [-0.1, -0.05) is 44.0 Å². The van der Waals surface area contributed by atoms with Gasteiger partial charge in [-0.05, 0) is 42.7 Å². The minimum Gasteiger partial charge on any atom is -0.465 e. The first-order valence-electron chi connectivity index (χ1n) is 9.21. The lowest BCUT2D eigenvalue weighted by atomic mass is 9.88. The van der Waals surface area contributed by atoms with Crippen molar-refractivity contribution in [1.29, 1.82) is 0 Å². The molecule has 1 aliphatic carbocycles. The Morgan fingerprint density at radius 1 is 1.29 bits per heavy atom. The lowest BCUT2D eigenvalue weighted by Gasteiger charge is -2.19. The smallest absolute Gasteiger partial charge is 0.309 e. The third-order valence-corrected chi connectivity index (χ3v) is 5.32. The van der Waals surface area contributed by atoms with Crippen LogP contribution in [0.3, 0.4) is 0 Å². The van der Waals surface area contributed by atoms with Gasteiger partial charge in [0.05, 0.1) is 18.6 Å². The van der Waals surface area contributed by atoms with E-state index in [1.807, 2.05) is 12.1 Å². The molecule has 1 amide bonds. The molecule has 0 spiro atoms. The average Bonchev–Trinajstić information content (AvgIpc) is 2.89. The maximum atomic E-state index is 12.5. The molecule has 1 N–H and O–H groups in total. The number of carbonyl (C=O) groups excluding carboxylic acids is 2. The van der Waals surface area contributed by atoms with Crippen molar-refractivity contribution in [3.63, 3.8) is 0 Å². The summed E-state index contributed by atoms with van der Waals surface area (Å²) in [5.74, 6) is -0.0291. The molecule has 1 heterocycles. The standard InChI is InChI=1S/C20H27NO3/c1-2-5-14-10-11-24-20(23)16(12-14)13-19(22)21-18-9-8-15-6-3-4-7-17(15)18/h3-4,6-7,14,16,18H,2,5,8-13H2,1H3,(H,21,22). The molecule has 1 aliphatic heterocycles. The Balaban J connectivity index is 1.58. The molecule has 0 bridgehead atoms. The van der Waals surface area contributed by atoms with Crippen LogP contribution in [0.1, 0.15) is 62.6 Å². The Kier molecular flexibility index (Phi) is 5.54. The summed E-state index contributed by atoms with van der Waals surface area (Å²) in [5.41, 5.74) is 2.54. The van der Waals surface area contributed by atoms with Crippen LogP contribution in [0.25, 0.3) is 0 Å². The Morgan fingerprint density at radius 2 is 2.12 bits per heavy atom. The Hall–Kier alpha value is -1.84. The van der Waals surface area contributed by atoms with Crippen LogP contribution in [0.15, 0.2) is 24.3 Å². The van der Waals surface area contributed by atoms with E-state index in [0.717, 1.165) is 38.5 Å². The molecule has 3 unspecified atom stereocenters. The van der Waals surface area contributed by atoms with Gasteiger partial charge >= 0.3 is 5.97 Å². The van der Waals surface area contributed by atoms with Gasteiger partial charge in [0.2, 0.25) is 5.91 Å². The monoisotopic (exact) mass is 329 g/mol. The number of cyclic esters (lactones) is 1. The number of rotatable bonds is 5. The van der Waals surface area contributed by atoms with E-state index >= 15 is 0 Å². The van der Waals surface area contributed by atoms with Gasteiger partial charge in [-0.2, -0.15) is 0 Å². The SMILES string of the molecule is CCCC1CCOC(=O)C(CC(=O)NC2CCc3ccccc32)C1. The van der Waals surface area contributed by atoms with E-state index in [4.69, 9.17) is 4.74 Å². The summed E-state index contributed by atoms with van der Waals surface area (Å²) < 4.78 is 5.30. The van der Waals surface area contributed by atoms with Crippen LogP contribution in [-0.4, -0.2) is 18.5 Å². The van der Waals surface area contributed by atoms with Crippen molar-refractivity contribution in [2.24, 2.45) is 11.8 Å². The first-order valence-corrected chi connectivity index (χ1v) is 9.21. The minimum atomic E-state index is -0.291. The van der Waals surface area contributed by atoms with Crippen molar-refractivity contribution < 1.29 is 14.3 Å². The van der Waals surface area contributed by atoms with Gasteiger partial charge in [0.25, 0.3) is 0 Å². The molecule has 1 aromatic carbocycles. The molecule has 1 saturated heterocycles. The maximum absolute atomic E-state index is 12.5. The molecule has 0 aromatic heterocycles. The van der Waals surface area contributed by atoms with Gasteiger partial charge in [0.1, 0.15) is 0 Å². The van der Waals surface area contributed by atoms with Gasteiger partial charge in [0, 0.05) is 6.42 Å². The summed E-state index contributed by atoms with van der Waals surface area (Å²) in [6, 6.07) is 8.35. The molecule has 4 heteroatoms. The van der Waals surface area contributed by atoms with E-state index in [2.05, 4.69) is 24.4 Å². The highest BCUT2D eigenvalue weighted by atomic mass is 16.5. The predicted octanol–water partition coefficient (Wildman–Crippen LogP) is 3.55. The third-order valence-electron chi connectivity index (χ3n) is 5.32. The number of ether oxygens (including phenoxy) is 1. The average molecular weight is 329 g/mol. The summed E-state index contributed by atoms with van der Waals surface area (Å²) in [4.78, 5) is 24.6. The van der Waals surface area contributed by atoms with Crippen LogP contribution in [0, 0.1) is 11.8 Å². The van der Waals surface area contributed by atoms with Crippen LogP contribution < -0.4 is 5.32 Å². The molecule has 1 aromatic rings. The van der Waals surface area contributed by atoms with Crippen LogP contribution in [0.2, 0.25) is 0 Å². The largest absolute Gasteiger partial charge is 0.465 e. The quantitative estimate of drug-likeness (QED) is 0.841. The number of hydrogen-bond donors (Lipinski definition) is 1. The second-order valence-corrected chi connectivity index (χ2v) is 7.11. The number of esters is 1. The molecule has 1 fully saturated rings. The van der Waals surface area contributed by atoms with Crippen LogP contribution in [0.5, 0.6) is 0 Å². The maximum Gasteiger partial charge on any atom is 0.309 e. The van der Waals surface area contributed by atoms with Gasteiger partial charge < -0.3 is 10.1 Å². The second-order valence-electron chi connectivity index (χ2n) is 7.11. The van der Waals surface area contributed by atoms with Gasteiger partial charge in [-0.3, -0.25) is 9.59 Å². The van der Waals surface area contributed by atoms with E-state index in [1.54, 1.807) is 0 Å². The summed E-state index contributed by atoms with van der Waals surface area (Å²) in [6.45, 7) is 2.66. The first-order chi connectivity index (χ1) is 11.7. The number of hydrogen-bond acceptors (Lipinski definition) is 3. The van der Waals surface area contributed by atoms with E-state index in [0.29, 0.717) is 12.5 Å². The van der Waals surface area contributed by atoms with Crippen LogP contribution in [0.4, 0.5) is 0 Å². The Labute approximate surface area is 144 Å². The van der Waals surface area contributed by atoms with Gasteiger partial charge in [-0.25, -0.2) is 0 Å². The predicted molar refractivity (Wildman–Crippen MR) is 92.3 cm³/mol. The second kappa shape index (κ2) is 7.82. The van der Waals surface area contributed by atoms with Crippen LogP contribution in [-0.2, 0) is 20.7 Å². The molecule has 0 saturated carbocycles. The van der Waals surface area contributed by atoms with Crippen molar-refractivity contribution in [1.82, 2.24) is 5.32 Å².